The lowest BCUT2D eigenvalue weighted by molar-refractivity contribution is -0.134. The molecule has 0 aliphatic carbocycles. The molecule has 0 radical (unpaired) electrons. The van der Waals surface area contributed by atoms with Crippen molar-refractivity contribution in [3.05, 3.63) is 5.57 Å². The van der Waals surface area contributed by atoms with E-state index >= 15 is 0 Å². The van der Waals surface area contributed by atoms with Gasteiger partial charge >= 0.3 is 11.9 Å². The summed E-state index contributed by atoms with van der Waals surface area (Å²) < 4.78 is 0. The molecule has 0 saturated carbocycles. The fourth-order valence-electron chi connectivity index (χ4n) is 0.956. The highest BCUT2D eigenvalue weighted by atomic mass is 16.2. The van der Waals surface area contributed by atoms with Crippen LogP contribution in [0.4, 0.5) is 4.79 Å². The van der Waals surface area contributed by atoms with Crippen molar-refractivity contribution in [2.75, 3.05) is 14.1 Å². The summed E-state index contributed by atoms with van der Waals surface area (Å²) in [5, 5.41) is 5.35. The van der Waals surface area contributed by atoms with Crippen LogP contribution < -0.4 is 5.41 Å². The van der Waals surface area contributed by atoms with Gasteiger partial charge in [0.15, 0.2) is 0 Å². The van der Waals surface area contributed by atoms with Gasteiger partial charge in [-0.05, 0) is 0 Å². The number of nitrogens with two attached hydrogens (primary N) is 1. The standard InChI is InChI=1S/C7H7N3O3/c1-9-5(8)4(3-11)6(12)10(2)7(9)13/h8H,1-2H3/p+1. The topological polar surface area (TPSA) is 83.3 Å². The molecule has 1 fully saturated rings. The van der Waals surface area contributed by atoms with Gasteiger partial charge < -0.3 is 0 Å². The van der Waals surface area contributed by atoms with E-state index in [1.54, 1.807) is 0 Å². The van der Waals surface area contributed by atoms with Gasteiger partial charge in [-0.2, -0.15) is 4.90 Å². The van der Waals surface area contributed by atoms with Gasteiger partial charge in [-0.15, -0.1) is 0 Å². The average Bonchev–Trinajstić information content (AvgIpc) is 2.13. The monoisotopic (exact) mass is 182 g/mol. The van der Waals surface area contributed by atoms with Crippen LogP contribution >= 0.6 is 0 Å². The Morgan fingerprint density at radius 3 is 2.23 bits per heavy atom. The maximum atomic E-state index is 11.2. The number of rotatable bonds is 0. The van der Waals surface area contributed by atoms with Gasteiger partial charge in [-0.1, -0.05) is 0 Å². The van der Waals surface area contributed by atoms with E-state index in [4.69, 9.17) is 5.41 Å². The summed E-state index contributed by atoms with van der Waals surface area (Å²) in [5.41, 5.74) is -0.315. The smallest absolute Gasteiger partial charge is 0.286 e. The number of likely N-dealkylation sites (N-methyl/N-ethyl adjacent to an activating group) is 2. The Balaban J connectivity index is 3.22. The lowest BCUT2D eigenvalue weighted by Crippen LogP contribution is -2.62. The molecule has 6 heteroatoms. The highest BCUT2D eigenvalue weighted by Crippen LogP contribution is 2.09. The normalized spacial score (nSPS) is 18.0. The van der Waals surface area contributed by atoms with Crippen LogP contribution in [0.15, 0.2) is 5.57 Å². The minimum absolute atomic E-state index is 0.164. The number of nitrogens with zero attached hydrogens (tertiary/aromatic N) is 2. The molecule has 0 aromatic rings. The molecule has 0 bridgehead atoms. The lowest BCUT2D eigenvalue weighted by Gasteiger charge is -2.22. The van der Waals surface area contributed by atoms with Gasteiger partial charge in [-0.25, -0.2) is 14.5 Å². The first-order valence-electron chi connectivity index (χ1n) is 3.44. The maximum absolute atomic E-state index is 11.2. The highest BCUT2D eigenvalue weighted by Gasteiger charge is 2.42. The number of imide groups is 1. The summed E-state index contributed by atoms with van der Waals surface area (Å²) in [7, 11) is 2.64. The summed E-state index contributed by atoms with van der Waals surface area (Å²) in [6.45, 7) is 0. The van der Waals surface area contributed by atoms with Gasteiger partial charge in [0.2, 0.25) is 5.57 Å². The van der Waals surface area contributed by atoms with E-state index in [1.165, 1.54) is 20.0 Å². The summed E-state index contributed by atoms with van der Waals surface area (Å²) in [4.78, 5) is 34.5. The first kappa shape index (κ1) is 9.15. The van der Waals surface area contributed by atoms with E-state index < -0.39 is 11.9 Å². The van der Waals surface area contributed by atoms with Crippen LogP contribution in [0.25, 0.3) is 0 Å². The van der Waals surface area contributed by atoms with Gasteiger partial charge in [0.25, 0.3) is 5.91 Å². The zero-order chi connectivity index (χ0) is 10.2. The number of urea groups is 1. The molecule has 68 valence electrons. The molecule has 1 rings (SSSR count). The molecule has 1 aliphatic heterocycles. The molecule has 3 amide bonds. The van der Waals surface area contributed by atoms with E-state index in [1.807, 2.05) is 0 Å². The molecule has 0 atom stereocenters. The van der Waals surface area contributed by atoms with Crippen LogP contribution in [0.5, 0.6) is 0 Å². The van der Waals surface area contributed by atoms with E-state index in [0.29, 0.717) is 0 Å². The molecule has 13 heavy (non-hydrogen) atoms. The Kier molecular flexibility index (Phi) is 2.00. The third-order valence-corrected chi connectivity index (χ3v) is 1.81. The summed E-state index contributed by atoms with van der Waals surface area (Å²) in [6, 6.07) is -0.568. The molecule has 1 saturated heterocycles. The molecule has 0 spiro atoms. The second kappa shape index (κ2) is 2.84. The minimum atomic E-state index is -0.726. The van der Waals surface area contributed by atoms with Crippen molar-refractivity contribution in [1.82, 2.24) is 9.80 Å². The Bertz CT molecular complexity index is 328. The van der Waals surface area contributed by atoms with Gasteiger partial charge in [0, 0.05) is 7.05 Å². The quantitative estimate of drug-likeness (QED) is 0.330. The van der Waals surface area contributed by atoms with E-state index in [-0.39, 0.29) is 11.4 Å². The second-order valence-corrected chi connectivity index (χ2v) is 2.57. The van der Waals surface area contributed by atoms with Gasteiger partial charge in [0.05, 0.1) is 7.05 Å². The molecule has 2 N–H and O–H groups in total. The van der Waals surface area contributed by atoms with E-state index in [2.05, 4.69) is 0 Å². The Morgan fingerprint density at radius 2 is 1.77 bits per heavy atom. The predicted molar refractivity (Wildman–Crippen MR) is 42.1 cm³/mol. The summed E-state index contributed by atoms with van der Waals surface area (Å²) in [6.07, 6.45) is 0. The van der Waals surface area contributed by atoms with Crippen molar-refractivity contribution in [2.45, 2.75) is 0 Å². The lowest BCUT2D eigenvalue weighted by atomic mass is 10.2. The number of hydrogen-bond acceptors (Lipinski definition) is 3. The maximum Gasteiger partial charge on any atom is 0.417 e. The first-order chi connectivity index (χ1) is 6.00. The van der Waals surface area contributed by atoms with E-state index in [9.17, 15) is 14.4 Å². The van der Waals surface area contributed by atoms with Gasteiger partial charge in [0.1, 0.15) is 5.94 Å². The van der Waals surface area contributed by atoms with Crippen LogP contribution in [0, 0.1) is 0 Å². The molecule has 1 aliphatic rings. The van der Waals surface area contributed by atoms with E-state index in [0.717, 1.165) is 9.80 Å². The van der Waals surface area contributed by atoms with Crippen molar-refractivity contribution < 1.29 is 19.8 Å². The number of hydrogen-bond donors (Lipinski definition) is 1. The molecule has 0 aromatic heterocycles. The van der Waals surface area contributed by atoms with Crippen LogP contribution in [0.2, 0.25) is 0 Å². The third-order valence-electron chi connectivity index (χ3n) is 1.81. The Morgan fingerprint density at radius 1 is 1.23 bits per heavy atom. The van der Waals surface area contributed by atoms with Crippen LogP contribution in [-0.4, -0.2) is 47.6 Å². The number of carbonyl (C=O) groups is 2. The molecular formula is C7H8N3O3+. The minimum Gasteiger partial charge on any atom is -0.286 e. The van der Waals surface area contributed by atoms with Crippen LogP contribution in [0.3, 0.4) is 0 Å². The summed E-state index contributed by atoms with van der Waals surface area (Å²) >= 11 is 0. The van der Waals surface area contributed by atoms with Crippen LogP contribution in [-0.2, 0) is 9.59 Å². The van der Waals surface area contributed by atoms with Crippen molar-refractivity contribution in [2.24, 2.45) is 0 Å². The zero-order valence-electron chi connectivity index (χ0n) is 7.20. The van der Waals surface area contributed by atoms with Crippen molar-refractivity contribution >= 4 is 23.7 Å². The largest absolute Gasteiger partial charge is 0.417 e. The third kappa shape index (κ3) is 1.13. The average molecular weight is 182 g/mol. The number of carbonyl (C=O) groups excluding carboxylic acids is 3. The summed E-state index contributed by atoms with van der Waals surface area (Å²) in [5.74, 6) is 0.514. The number of amidine groups is 1. The second-order valence-electron chi connectivity index (χ2n) is 2.57. The van der Waals surface area contributed by atoms with Crippen molar-refractivity contribution in [3.8, 4) is 0 Å². The molecular weight excluding hydrogens is 174 g/mol. The predicted octanol–water partition coefficient (Wildman–Crippen LogP) is -2.57. The molecule has 0 unspecified atom stereocenters. The van der Waals surface area contributed by atoms with Crippen molar-refractivity contribution in [3.63, 3.8) is 0 Å². The molecule has 1 heterocycles. The fraction of sp³-hybridized carbons (Fsp3) is 0.286. The Labute approximate surface area is 73.9 Å². The van der Waals surface area contributed by atoms with Crippen molar-refractivity contribution in [1.29, 1.82) is 0 Å². The molecule has 6 nitrogen and oxygen atoms in total. The highest BCUT2D eigenvalue weighted by molar-refractivity contribution is 6.32. The van der Waals surface area contributed by atoms with Gasteiger partial charge in [-0.3, -0.25) is 10.2 Å². The molecule has 0 aromatic carbocycles. The first-order valence-corrected chi connectivity index (χ1v) is 3.44. The fourth-order valence-corrected chi connectivity index (χ4v) is 0.956. The van der Waals surface area contributed by atoms with Crippen LogP contribution in [0.1, 0.15) is 0 Å². The Hall–Kier alpha value is -1.94. The zero-order valence-corrected chi connectivity index (χ0v) is 7.20. The number of amides is 3. The SMILES string of the molecule is CN1C(=[NH2+])C(=C=O)C(=O)N(C)C1=O.